The number of nitrogens with zero attached hydrogens (tertiary/aromatic N) is 2. The van der Waals surface area contributed by atoms with Gasteiger partial charge < -0.3 is 14.5 Å². The highest BCUT2D eigenvalue weighted by atomic mass is 32.1. The molecule has 0 spiro atoms. The van der Waals surface area contributed by atoms with Crippen molar-refractivity contribution >= 4 is 17.2 Å². The zero-order valence-corrected chi connectivity index (χ0v) is 11.1. The molecule has 0 bridgehead atoms. The second kappa shape index (κ2) is 5.14. The number of hydrogen-bond donors (Lipinski definition) is 1. The van der Waals surface area contributed by atoms with Crippen molar-refractivity contribution in [1.82, 2.24) is 10.1 Å². The first-order valence-corrected chi connectivity index (χ1v) is 7.10. The highest BCUT2D eigenvalue weighted by molar-refractivity contribution is 7.13. The molecule has 5 nitrogen and oxygen atoms in total. The molecule has 0 saturated carbocycles. The number of hydrogen-bond acceptors (Lipinski definition) is 5. The highest BCUT2D eigenvalue weighted by Gasteiger charge is 2.30. The van der Waals surface area contributed by atoms with Gasteiger partial charge in [-0.15, -0.1) is 11.3 Å². The second-order valence-electron chi connectivity index (χ2n) is 4.53. The van der Waals surface area contributed by atoms with Gasteiger partial charge in [-0.2, -0.15) is 0 Å². The Bertz CT molecular complexity index is 564. The second-order valence-corrected chi connectivity index (χ2v) is 5.48. The molecule has 100 valence electrons. The average molecular weight is 278 g/mol. The minimum absolute atomic E-state index is 0.00136. The molecule has 19 heavy (non-hydrogen) atoms. The fraction of sp³-hybridized carbons (Fsp3) is 0.385. The summed E-state index contributed by atoms with van der Waals surface area (Å²) in [6, 6.07) is 5.42. The lowest BCUT2D eigenvalue weighted by Gasteiger charge is -2.21. The van der Waals surface area contributed by atoms with Gasteiger partial charge in [-0.05, 0) is 24.3 Å². The van der Waals surface area contributed by atoms with Gasteiger partial charge in [0.15, 0.2) is 11.5 Å². The predicted octanol–water partition coefficient (Wildman–Crippen LogP) is 2.00. The van der Waals surface area contributed by atoms with E-state index in [1.165, 1.54) is 11.3 Å². The molecule has 1 unspecified atom stereocenters. The van der Waals surface area contributed by atoms with Crippen molar-refractivity contribution < 1.29 is 14.4 Å². The van der Waals surface area contributed by atoms with Crippen molar-refractivity contribution in [1.29, 1.82) is 0 Å². The topological polar surface area (TPSA) is 66.6 Å². The first-order chi connectivity index (χ1) is 9.29. The third-order valence-electron chi connectivity index (χ3n) is 3.34. The Morgan fingerprint density at radius 3 is 3.26 bits per heavy atom. The smallest absolute Gasteiger partial charge is 0.276 e. The number of aliphatic hydroxyl groups is 1. The lowest BCUT2D eigenvalue weighted by atomic mass is 10.2. The van der Waals surface area contributed by atoms with Gasteiger partial charge in [-0.25, -0.2) is 0 Å². The quantitative estimate of drug-likeness (QED) is 0.932. The van der Waals surface area contributed by atoms with Gasteiger partial charge >= 0.3 is 0 Å². The molecule has 2 aromatic rings. The van der Waals surface area contributed by atoms with Crippen LogP contribution in [0.2, 0.25) is 0 Å². The Balaban J connectivity index is 1.81. The van der Waals surface area contributed by atoms with Crippen LogP contribution in [0.25, 0.3) is 10.6 Å². The minimum atomic E-state index is -0.164. The van der Waals surface area contributed by atoms with Crippen LogP contribution in [-0.4, -0.2) is 40.3 Å². The van der Waals surface area contributed by atoms with Crippen molar-refractivity contribution in [2.45, 2.75) is 18.9 Å². The number of thiophene rings is 1. The van der Waals surface area contributed by atoms with Crippen LogP contribution in [0.3, 0.4) is 0 Å². The molecule has 2 aromatic heterocycles. The first kappa shape index (κ1) is 12.4. The van der Waals surface area contributed by atoms with Gasteiger partial charge in [0.1, 0.15) is 0 Å². The Kier molecular flexibility index (Phi) is 3.35. The normalized spacial score (nSPS) is 19.0. The number of aliphatic hydroxyl groups excluding tert-OH is 1. The largest absolute Gasteiger partial charge is 0.394 e. The van der Waals surface area contributed by atoms with Gasteiger partial charge in [-0.3, -0.25) is 4.79 Å². The van der Waals surface area contributed by atoms with Crippen LogP contribution in [0, 0.1) is 0 Å². The van der Waals surface area contributed by atoms with Crippen LogP contribution in [0.15, 0.2) is 28.1 Å². The van der Waals surface area contributed by atoms with Gasteiger partial charge in [0.25, 0.3) is 5.91 Å². The van der Waals surface area contributed by atoms with Crippen LogP contribution in [-0.2, 0) is 0 Å². The molecule has 1 amide bonds. The molecule has 1 aliphatic heterocycles. The molecule has 1 fully saturated rings. The summed E-state index contributed by atoms with van der Waals surface area (Å²) >= 11 is 1.54. The SMILES string of the molecule is O=C(c1cc(-c2cccs2)on1)N1CCCC1CO. The standard InChI is InChI=1S/C13H14N2O3S/c16-8-9-3-1-5-15(9)13(17)10-7-11(18-14-10)12-4-2-6-19-12/h2,4,6-7,9,16H,1,3,5,8H2. The maximum Gasteiger partial charge on any atom is 0.276 e. The van der Waals surface area contributed by atoms with E-state index in [1.54, 1.807) is 11.0 Å². The summed E-state index contributed by atoms with van der Waals surface area (Å²) in [5.74, 6) is 0.446. The van der Waals surface area contributed by atoms with Crippen LogP contribution in [0.4, 0.5) is 0 Å². The van der Waals surface area contributed by atoms with E-state index in [2.05, 4.69) is 5.16 Å². The van der Waals surface area contributed by atoms with E-state index in [4.69, 9.17) is 4.52 Å². The Morgan fingerprint density at radius 1 is 1.63 bits per heavy atom. The lowest BCUT2D eigenvalue weighted by Crippen LogP contribution is -2.37. The molecule has 6 heteroatoms. The summed E-state index contributed by atoms with van der Waals surface area (Å²) in [4.78, 5) is 14.9. The minimum Gasteiger partial charge on any atom is -0.394 e. The summed E-state index contributed by atoms with van der Waals surface area (Å²) in [6.07, 6.45) is 1.77. The third-order valence-corrected chi connectivity index (χ3v) is 4.23. The van der Waals surface area contributed by atoms with Crippen LogP contribution in [0.5, 0.6) is 0 Å². The summed E-state index contributed by atoms with van der Waals surface area (Å²) in [6.45, 7) is 0.673. The zero-order valence-electron chi connectivity index (χ0n) is 10.3. The fourth-order valence-electron chi connectivity index (χ4n) is 2.35. The van der Waals surface area contributed by atoms with Gasteiger partial charge in [0, 0.05) is 12.6 Å². The van der Waals surface area contributed by atoms with Gasteiger partial charge in [0.2, 0.25) is 0 Å². The molecule has 3 heterocycles. The third kappa shape index (κ3) is 2.29. The summed E-state index contributed by atoms with van der Waals surface area (Å²) in [5.41, 5.74) is 0.309. The van der Waals surface area contributed by atoms with Crippen molar-refractivity contribution in [3.05, 3.63) is 29.3 Å². The van der Waals surface area contributed by atoms with E-state index in [-0.39, 0.29) is 18.6 Å². The molecule has 1 N–H and O–H groups in total. The van der Waals surface area contributed by atoms with Crippen LogP contribution >= 0.6 is 11.3 Å². The van der Waals surface area contributed by atoms with Crippen LogP contribution in [0.1, 0.15) is 23.3 Å². The first-order valence-electron chi connectivity index (χ1n) is 6.22. The van der Waals surface area contributed by atoms with E-state index in [0.717, 1.165) is 17.7 Å². The van der Waals surface area contributed by atoms with Crippen molar-refractivity contribution in [3.63, 3.8) is 0 Å². The Morgan fingerprint density at radius 2 is 2.53 bits per heavy atom. The zero-order chi connectivity index (χ0) is 13.2. The molecule has 1 saturated heterocycles. The molecular formula is C13H14N2O3S. The van der Waals surface area contributed by atoms with Gasteiger partial charge in [-0.1, -0.05) is 11.2 Å². The van der Waals surface area contributed by atoms with E-state index in [1.807, 2.05) is 17.5 Å². The highest BCUT2D eigenvalue weighted by Crippen LogP contribution is 2.26. The summed E-state index contributed by atoms with van der Waals surface area (Å²) < 4.78 is 5.21. The van der Waals surface area contributed by atoms with E-state index < -0.39 is 0 Å². The maximum atomic E-state index is 12.3. The Hall–Kier alpha value is -1.66. The number of carbonyl (C=O) groups excluding carboxylic acids is 1. The fourth-order valence-corrected chi connectivity index (χ4v) is 3.02. The number of likely N-dealkylation sites (tertiary alicyclic amines) is 1. The van der Waals surface area contributed by atoms with Crippen LogP contribution < -0.4 is 0 Å². The number of amides is 1. The summed E-state index contributed by atoms with van der Waals surface area (Å²) in [7, 11) is 0. The Labute approximate surface area is 114 Å². The molecule has 0 radical (unpaired) electrons. The van der Waals surface area contributed by atoms with Gasteiger partial charge in [0.05, 0.1) is 17.5 Å². The molecule has 1 aliphatic rings. The molecular weight excluding hydrogens is 264 g/mol. The lowest BCUT2D eigenvalue weighted by molar-refractivity contribution is 0.0667. The maximum absolute atomic E-state index is 12.3. The van der Waals surface area contributed by atoms with Crippen molar-refractivity contribution in [2.24, 2.45) is 0 Å². The van der Waals surface area contributed by atoms with Crippen molar-refractivity contribution in [3.8, 4) is 10.6 Å². The number of aromatic nitrogens is 1. The summed E-state index contributed by atoms with van der Waals surface area (Å²) in [5, 5.41) is 15.0. The molecule has 0 aromatic carbocycles. The number of carbonyl (C=O) groups is 1. The van der Waals surface area contributed by atoms with E-state index in [9.17, 15) is 9.90 Å². The molecule has 1 atom stereocenters. The van der Waals surface area contributed by atoms with E-state index in [0.29, 0.717) is 18.0 Å². The molecule has 3 rings (SSSR count). The van der Waals surface area contributed by atoms with Crippen molar-refractivity contribution in [2.75, 3.05) is 13.2 Å². The number of rotatable bonds is 3. The molecule has 0 aliphatic carbocycles. The van der Waals surface area contributed by atoms with E-state index >= 15 is 0 Å². The monoisotopic (exact) mass is 278 g/mol. The predicted molar refractivity (Wildman–Crippen MR) is 71.0 cm³/mol. The average Bonchev–Trinajstić information content (AvgIpc) is 3.16.